The highest BCUT2D eigenvalue weighted by atomic mass is 19.4. The lowest BCUT2D eigenvalue weighted by Gasteiger charge is -2.23. The maximum atomic E-state index is 12.2. The summed E-state index contributed by atoms with van der Waals surface area (Å²) in [6, 6.07) is 8.89. The van der Waals surface area contributed by atoms with Crippen LogP contribution >= 0.6 is 0 Å². The number of benzene rings is 1. The first kappa shape index (κ1) is 16.5. The van der Waals surface area contributed by atoms with Crippen LogP contribution < -0.4 is 0 Å². The van der Waals surface area contributed by atoms with Crippen LogP contribution in [0.25, 0.3) is 0 Å². The Balaban J connectivity index is 2.69. The highest BCUT2D eigenvalue weighted by Gasteiger charge is 2.29. The first-order chi connectivity index (χ1) is 9.33. The molecular formula is C14H18F3NO2. The van der Waals surface area contributed by atoms with Gasteiger partial charge in [-0.05, 0) is 12.6 Å². The van der Waals surface area contributed by atoms with Crippen LogP contribution in [0.3, 0.4) is 0 Å². The van der Waals surface area contributed by atoms with E-state index in [2.05, 4.69) is 0 Å². The van der Waals surface area contributed by atoms with Crippen LogP contribution in [0.5, 0.6) is 0 Å². The number of rotatable bonds is 6. The van der Waals surface area contributed by atoms with E-state index in [9.17, 15) is 18.0 Å². The zero-order chi connectivity index (χ0) is 15.2. The molecule has 0 amide bonds. The Hall–Kier alpha value is -1.56. The standard InChI is InChI=1S/C14H18F3NO2/c1-18(9-8-14(15,16)17)10-12(13(19)20-2)11-6-4-3-5-7-11/h3-7,12H,8-10H2,1-2H3. The molecular weight excluding hydrogens is 271 g/mol. The Labute approximate surface area is 116 Å². The maximum Gasteiger partial charge on any atom is 0.390 e. The summed E-state index contributed by atoms with van der Waals surface area (Å²) in [4.78, 5) is 13.3. The summed E-state index contributed by atoms with van der Waals surface area (Å²) in [5.74, 6) is -1.03. The van der Waals surface area contributed by atoms with Crippen molar-refractivity contribution in [3.8, 4) is 0 Å². The minimum absolute atomic E-state index is 0.149. The van der Waals surface area contributed by atoms with Crippen molar-refractivity contribution in [1.29, 1.82) is 0 Å². The van der Waals surface area contributed by atoms with Gasteiger partial charge in [0.05, 0.1) is 19.4 Å². The second kappa shape index (κ2) is 7.28. The highest BCUT2D eigenvalue weighted by molar-refractivity contribution is 5.78. The average Bonchev–Trinajstić information content (AvgIpc) is 2.42. The second-order valence-corrected chi connectivity index (χ2v) is 4.61. The molecule has 1 aromatic rings. The van der Waals surface area contributed by atoms with E-state index in [1.807, 2.05) is 6.07 Å². The minimum atomic E-state index is -4.19. The molecule has 6 heteroatoms. The van der Waals surface area contributed by atoms with Gasteiger partial charge in [0.1, 0.15) is 0 Å². The number of nitrogens with zero attached hydrogens (tertiary/aromatic N) is 1. The van der Waals surface area contributed by atoms with Gasteiger partial charge in [-0.2, -0.15) is 13.2 Å². The summed E-state index contributed by atoms with van der Waals surface area (Å²) in [5.41, 5.74) is 0.734. The number of alkyl halides is 3. The van der Waals surface area contributed by atoms with Crippen LogP contribution in [0.2, 0.25) is 0 Å². The molecule has 0 bridgehead atoms. The van der Waals surface area contributed by atoms with E-state index in [0.717, 1.165) is 5.56 Å². The number of hydrogen-bond acceptors (Lipinski definition) is 3. The van der Waals surface area contributed by atoms with E-state index in [4.69, 9.17) is 4.74 Å². The van der Waals surface area contributed by atoms with E-state index in [1.165, 1.54) is 12.0 Å². The van der Waals surface area contributed by atoms with Crippen molar-refractivity contribution >= 4 is 5.97 Å². The molecule has 3 nitrogen and oxygen atoms in total. The van der Waals surface area contributed by atoms with Gasteiger partial charge in [0.15, 0.2) is 0 Å². The van der Waals surface area contributed by atoms with Gasteiger partial charge in [-0.3, -0.25) is 4.79 Å². The van der Waals surface area contributed by atoms with Crippen molar-refractivity contribution in [2.24, 2.45) is 0 Å². The predicted molar refractivity (Wildman–Crippen MR) is 69.4 cm³/mol. The second-order valence-electron chi connectivity index (χ2n) is 4.61. The van der Waals surface area contributed by atoms with E-state index in [0.29, 0.717) is 0 Å². The third-order valence-corrected chi connectivity index (χ3v) is 2.96. The highest BCUT2D eigenvalue weighted by Crippen LogP contribution is 2.22. The summed E-state index contributed by atoms with van der Waals surface area (Å²) >= 11 is 0. The van der Waals surface area contributed by atoms with Crippen LogP contribution in [0.4, 0.5) is 13.2 Å². The van der Waals surface area contributed by atoms with Gasteiger partial charge in [0.2, 0.25) is 0 Å². The molecule has 1 unspecified atom stereocenters. The molecule has 0 saturated heterocycles. The third-order valence-electron chi connectivity index (χ3n) is 2.96. The quantitative estimate of drug-likeness (QED) is 0.754. The average molecular weight is 289 g/mol. The molecule has 0 aliphatic heterocycles. The fourth-order valence-corrected chi connectivity index (χ4v) is 1.86. The van der Waals surface area contributed by atoms with Crippen molar-refractivity contribution in [1.82, 2.24) is 4.90 Å². The topological polar surface area (TPSA) is 29.5 Å². The fourth-order valence-electron chi connectivity index (χ4n) is 1.86. The summed E-state index contributed by atoms with van der Waals surface area (Å²) < 4.78 is 41.3. The summed E-state index contributed by atoms with van der Waals surface area (Å²) in [6.07, 6.45) is -5.09. The number of esters is 1. The molecule has 0 spiro atoms. The molecule has 1 rings (SSSR count). The number of ether oxygens (including phenoxy) is 1. The molecule has 0 fully saturated rings. The van der Waals surface area contributed by atoms with E-state index < -0.39 is 24.5 Å². The van der Waals surface area contributed by atoms with Crippen LogP contribution in [0.1, 0.15) is 17.9 Å². The van der Waals surface area contributed by atoms with Crippen LogP contribution in [-0.4, -0.2) is 44.3 Å². The van der Waals surface area contributed by atoms with Crippen LogP contribution in [0.15, 0.2) is 30.3 Å². The summed E-state index contributed by atoms with van der Waals surface area (Å²) in [5, 5.41) is 0. The number of likely N-dealkylation sites (N-methyl/N-ethyl adjacent to an activating group) is 1. The molecule has 20 heavy (non-hydrogen) atoms. The number of hydrogen-bond donors (Lipinski definition) is 0. The summed E-state index contributed by atoms with van der Waals surface area (Å²) in [7, 11) is 2.83. The van der Waals surface area contributed by atoms with Crippen LogP contribution in [0, 0.1) is 0 Å². The Morgan fingerprint density at radius 1 is 1.30 bits per heavy atom. The smallest absolute Gasteiger partial charge is 0.390 e. The molecule has 1 atom stereocenters. The summed E-state index contributed by atoms with van der Waals surface area (Å²) in [6.45, 7) is 0.0383. The molecule has 0 N–H and O–H groups in total. The molecule has 0 aliphatic rings. The molecule has 0 radical (unpaired) electrons. The van der Waals surface area contributed by atoms with Gasteiger partial charge < -0.3 is 9.64 Å². The van der Waals surface area contributed by atoms with Crippen molar-refractivity contribution in [2.45, 2.75) is 18.5 Å². The number of carbonyl (C=O) groups is 1. The lowest BCUT2D eigenvalue weighted by atomic mass is 9.98. The molecule has 112 valence electrons. The Morgan fingerprint density at radius 2 is 1.90 bits per heavy atom. The van der Waals surface area contributed by atoms with Gasteiger partial charge in [0, 0.05) is 13.1 Å². The SMILES string of the molecule is COC(=O)C(CN(C)CCC(F)(F)F)c1ccccc1. The predicted octanol–water partition coefficient (Wildman–Crippen LogP) is 2.83. The maximum absolute atomic E-state index is 12.2. The first-order valence-corrected chi connectivity index (χ1v) is 6.21. The zero-order valence-electron chi connectivity index (χ0n) is 11.5. The van der Waals surface area contributed by atoms with Crippen molar-refractivity contribution < 1.29 is 22.7 Å². The first-order valence-electron chi connectivity index (χ1n) is 6.21. The van der Waals surface area contributed by atoms with Crippen LogP contribution in [-0.2, 0) is 9.53 Å². The minimum Gasteiger partial charge on any atom is -0.469 e. The van der Waals surface area contributed by atoms with Gasteiger partial charge in [-0.25, -0.2) is 0 Å². The van der Waals surface area contributed by atoms with E-state index in [1.54, 1.807) is 31.3 Å². The normalized spacial score (nSPS) is 13.3. The Morgan fingerprint density at radius 3 is 2.40 bits per heavy atom. The monoisotopic (exact) mass is 289 g/mol. The van der Waals surface area contributed by atoms with Crippen molar-refractivity contribution in [3.05, 3.63) is 35.9 Å². The number of carbonyl (C=O) groups excluding carboxylic acids is 1. The van der Waals surface area contributed by atoms with E-state index in [-0.39, 0.29) is 13.1 Å². The number of halogens is 3. The largest absolute Gasteiger partial charge is 0.469 e. The van der Waals surface area contributed by atoms with Gasteiger partial charge in [-0.15, -0.1) is 0 Å². The molecule has 1 aromatic carbocycles. The zero-order valence-corrected chi connectivity index (χ0v) is 11.5. The van der Waals surface area contributed by atoms with E-state index >= 15 is 0 Å². The van der Waals surface area contributed by atoms with Crippen molar-refractivity contribution in [2.75, 3.05) is 27.2 Å². The van der Waals surface area contributed by atoms with Gasteiger partial charge in [-0.1, -0.05) is 30.3 Å². The van der Waals surface area contributed by atoms with Gasteiger partial charge >= 0.3 is 12.1 Å². The van der Waals surface area contributed by atoms with Gasteiger partial charge in [0.25, 0.3) is 0 Å². The molecule has 0 heterocycles. The van der Waals surface area contributed by atoms with Crippen molar-refractivity contribution in [3.63, 3.8) is 0 Å². The third kappa shape index (κ3) is 5.61. The molecule has 0 saturated carbocycles. The molecule has 0 aliphatic carbocycles. The Kier molecular flexibility index (Phi) is 6.01. The Bertz CT molecular complexity index is 420. The number of methoxy groups -OCH3 is 1. The molecule has 0 aromatic heterocycles. The lowest BCUT2D eigenvalue weighted by Crippen LogP contribution is -2.32. The lowest BCUT2D eigenvalue weighted by molar-refractivity contribution is -0.143. The fraction of sp³-hybridized carbons (Fsp3) is 0.500.